The molecule has 2 aromatic heterocycles. The molecule has 0 atom stereocenters. The third-order valence-corrected chi connectivity index (χ3v) is 10.5. The minimum absolute atomic E-state index is 0.605. The van der Waals surface area contributed by atoms with Crippen LogP contribution in [-0.2, 0) is 0 Å². The number of hydrogen-bond donors (Lipinski definition) is 0. The van der Waals surface area contributed by atoms with Gasteiger partial charge in [0.2, 0.25) is 0 Å². The Balaban J connectivity index is 1.08. The average Bonchev–Trinajstić information content (AvgIpc) is 3.62. The third kappa shape index (κ3) is 4.80. The number of nitrogens with zero attached hydrogens (tertiary/aromatic N) is 3. The molecule has 4 heteroatoms. The molecule has 0 saturated heterocycles. The van der Waals surface area contributed by atoms with E-state index in [-0.39, 0.29) is 0 Å². The highest BCUT2D eigenvalue weighted by atomic mass is 16.3. The molecule has 0 radical (unpaired) electrons. The molecule has 53 heavy (non-hydrogen) atoms. The van der Waals surface area contributed by atoms with E-state index in [1.54, 1.807) is 0 Å². The normalized spacial score (nSPS) is 11.8. The lowest BCUT2D eigenvalue weighted by Crippen LogP contribution is -2.00. The topological polar surface area (TPSA) is 51.8 Å². The first-order valence-corrected chi connectivity index (χ1v) is 17.9. The van der Waals surface area contributed by atoms with E-state index in [2.05, 4.69) is 133 Å². The van der Waals surface area contributed by atoms with Crippen molar-refractivity contribution < 1.29 is 4.42 Å². The predicted octanol–water partition coefficient (Wildman–Crippen LogP) is 13.1. The van der Waals surface area contributed by atoms with E-state index in [0.29, 0.717) is 17.5 Å². The van der Waals surface area contributed by atoms with Crippen LogP contribution in [0.2, 0.25) is 0 Å². The Morgan fingerprint density at radius 3 is 1.62 bits per heavy atom. The summed E-state index contributed by atoms with van der Waals surface area (Å²) in [6.45, 7) is 0. The molecule has 0 N–H and O–H groups in total. The van der Waals surface area contributed by atoms with Crippen molar-refractivity contribution in [3.8, 4) is 45.3 Å². The molecule has 0 unspecified atom stereocenters. The van der Waals surface area contributed by atoms with Crippen molar-refractivity contribution in [2.24, 2.45) is 0 Å². The molecule has 9 aromatic carbocycles. The zero-order valence-electron chi connectivity index (χ0n) is 28.5. The van der Waals surface area contributed by atoms with Crippen LogP contribution in [0, 0.1) is 0 Å². The Bertz CT molecular complexity index is 3200. The maximum absolute atomic E-state index is 6.60. The quantitative estimate of drug-likeness (QED) is 0.174. The van der Waals surface area contributed by atoms with Crippen LogP contribution in [0.5, 0.6) is 0 Å². The van der Waals surface area contributed by atoms with E-state index in [4.69, 9.17) is 19.4 Å². The summed E-state index contributed by atoms with van der Waals surface area (Å²) in [5, 5.41) is 11.9. The maximum Gasteiger partial charge on any atom is 0.164 e. The second-order valence-electron chi connectivity index (χ2n) is 13.6. The smallest absolute Gasteiger partial charge is 0.164 e. The van der Waals surface area contributed by atoms with Gasteiger partial charge in [0, 0.05) is 27.5 Å². The van der Waals surface area contributed by atoms with Crippen molar-refractivity contribution in [3.63, 3.8) is 0 Å². The highest BCUT2D eigenvalue weighted by Crippen LogP contribution is 2.40. The van der Waals surface area contributed by atoms with Gasteiger partial charge in [0.05, 0.1) is 0 Å². The molecule has 11 rings (SSSR count). The number of hydrogen-bond acceptors (Lipinski definition) is 4. The monoisotopic (exact) mass is 675 g/mol. The number of aromatic nitrogens is 3. The van der Waals surface area contributed by atoms with Crippen molar-refractivity contribution >= 4 is 65.0 Å². The van der Waals surface area contributed by atoms with Crippen molar-refractivity contribution in [2.45, 2.75) is 0 Å². The Morgan fingerprint density at radius 1 is 0.302 bits per heavy atom. The van der Waals surface area contributed by atoms with Crippen molar-refractivity contribution in [2.75, 3.05) is 0 Å². The Hall–Kier alpha value is -7.17. The van der Waals surface area contributed by atoms with E-state index < -0.39 is 0 Å². The summed E-state index contributed by atoms with van der Waals surface area (Å²) in [4.78, 5) is 15.2. The molecule has 0 spiro atoms. The summed E-state index contributed by atoms with van der Waals surface area (Å²) < 4.78 is 6.60. The second kappa shape index (κ2) is 11.7. The number of furan rings is 1. The van der Waals surface area contributed by atoms with Gasteiger partial charge in [-0.2, -0.15) is 0 Å². The van der Waals surface area contributed by atoms with Gasteiger partial charge in [-0.05, 0) is 84.5 Å². The molecule has 0 fully saturated rings. The lowest BCUT2D eigenvalue weighted by atomic mass is 9.92. The summed E-state index contributed by atoms with van der Waals surface area (Å²) in [5.41, 5.74) is 6.63. The van der Waals surface area contributed by atoms with Crippen LogP contribution < -0.4 is 0 Å². The summed E-state index contributed by atoms with van der Waals surface area (Å²) in [5.74, 6) is 1.86. The molecular formula is C49H29N3O. The highest BCUT2D eigenvalue weighted by Gasteiger charge is 2.19. The Labute approximate surface area is 304 Å². The van der Waals surface area contributed by atoms with Crippen LogP contribution in [0.4, 0.5) is 0 Å². The van der Waals surface area contributed by atoms with Gasteiger partial charge in [-0.15, -0.1) is 0 Å². The first-order chi connectivity index (χ1) is 26.2. The maximum atomic E-state index is 6.60. The highest BCUT2D eigenvalue weighted by molar-refractivity contribution is 6.25. The van der Waals surface area contributed by atoms with E-state index in [9.17, 15) is 0 Å². The van der Waals surface area contributed by atoms with Gasteiger partial charge >= 0.3 is 0 Å². The van der Waals surface area contributed by atoms with Gasteiger partial charge in [-0.1, -0.05) is 146 Å². The minimum atomic E-state index is 0.605. The largest absolute Gasteiger partial charge is 0.456 e. The van der Waals surface area contributed by atoms with Crippen LogP contribution in [0.3, 0.4) is 0 Å². The summed E-state index contributed by atoms with van der Waals surface area (Å²) in [7, 11) is 0. The van der Waals surface area contributed by atoms with Gasteiger partial charge in [0.1, 0.15) is 11.2 Å². The first kappa shape index (κ1) is 29.5. The van der Waals surface area contributed by atoms with Gasteiger partial charge in [0.25, 0.3) is 0 Å². The lowest BCUT2D eigenvalue weighted by Gasteiger charge is -2.12. The zero-order valence-corrected chi connectivity index (χ0v) is 28.5. The van der Waals surface area contributed by atoms with Crippen LogP contribution >= 0.6 is 0 Å². The standard InChI is InChI=1S/C49H29N3O/c1-2-12-31(13-3-1)47-50-48(35-22-21-30-11-4-5-14-32(30)27-35)52-49(51-47)42-19-10-20-44-46(42)41-26-24-34(29-45(41)53-44)33-23-25-40-38-17-7-6-15-36(38)37-16-8-9-18-39(37)43(40)28-33/h1-29H. The Morgan fingerprint density at radius 2 is 0.868 bits per heavy atom. The van der Waals surface area contributed by atoms with Crippen LogP contribution in [0.25, 0.3) is 110 Å². The van der Waals surface area contributed by atoms with Crippen molar-refractivity contribution in [1.82, 2.24) is 15.0 Å². The number of benzene rings is 9. The van der Waals surface area contributed by atoms with Gasteiger partial charge < -0.3 is 4.42 Å². The molecule has 0 aliphatic carbocycles. The fourth-order valence-corrected chi connectivity index (χ4v) is 7.95. The molecule has 11 aromatic rings. The first-order valence-electron chi connectivity index (χ1n) is 17.9. The molecule has 0 aliphatic rings. The molecule has 0 bridgehead atoms. The average molecular weight is 676 g/mol. The zero-order chi connectivity index (χ0) is 34.9. The van der Waals surface area contributed by atoms with Crippen molar-refractivity contribution in [1.29, 1.82) is 0 Å². The molecular weight excluding hydrogens is 647 g/mol. The molecule has 2 heterocycles. The van der Waals surface area contributed by atoms with Crippen LogP contribution in [0.1, 0.15) is 0 Å². The Kier molecular flexibility index (Phi) is 6.52. The van der Waals surface area contributed by atoms with Gasteiger partial charge in [0.15, 0.2) is 17.5 Å². The van der Waals surface area contributed by atoms with E-state index in [1.807, 2.05) is 42.5 Å². The summed E-state index contributed by atoms with van der Waals surface area (Å²) in [6, 6.07) is 61.7. The van der Waals surface area contributed by atoms with E-state index in [1.165, 1.54) is 37.7 Å². The predicted molar refractivity (Wildman–Crippen MR) is 219 cm³/mol. The van der Waals surface area contributed by atoms with Gasteiger partial charge in [-0.3, -0.25) is 0 Å². The van der Waals surface area contributed by atoms with Crippen LogP contribution in [-0.4, -0.2) is 15.0 Å². The third-order valence-electron chi connectivity index (χ3n) is 10.5. The fourth-order valence-electron chi connectivity index (χ4n) is 7.95. The molecule has 0 amide bonds. The number of fused-ring (bicyclic) bond motifs is 10. The van der Waals surface area contributed by atoms with E-state index >= 15 is 0 Å². The second-order valence-corrected chi connectivity index (χ2v) is 13.6. The SMILES string of the molecule is c1ccc(-c2nc(-c3ccc4ccccc4c3)nc(-c3cccc4oc5cc(-c6ccc7c8ccccc8c8ccccc8c7c6)ccc5c34)n2)cc1. The molecule has 246 valence electrons. The summed E-state index contributed by atoms with van der Waals surface area (Å²) >= 11 is 0. The van der Waals surface area contributed by atoms with Crippen molar-refractivity contribution in [3.05, 3.63) is 176 Å². The van der Waals surface area contributed by atoms with Gasteiger partial charge in [-0.25, -0.2) is 15.0 Å². The number of rotatable bonds is 4. The molecule has 0 saturated carbocycles. The molecule has 0 aliphatic heterocycles. The fraction of sp³-hybridized carbons (Fsp3) is 0. The molecule has 4 nitrogen and oxygen atoms in total. The van der Waals surface area contributed by atoms with Crippen LogP contribution in [0.15, 0.2) is 180 Å². The summed E-state index contributed by atoms with van der Waals surface area (Å²) in [6.07, 6.45) is 0. The van der Waals surface area contributed by atoms with E-state index in [0.717, 1.165) is 55.1 Å². The minimum Gasteiger partial charge on any atom is -0.456 e. The lowest BCUT2D eigenvalue weighted by molar-refractivity contribution is 0.669.